The van der Waals surface area contributed by atoms with E-state index in [-0.39, 0.29) is 11.7 Å². The van der Waals surface area contributed by atoms with Gasteiger partial charge in [-0.1, -0.05) is 6.42 Å². The van der Waals surface area contributed by atoms with Crippen LogP contribution in [-0.4, -0.2) is 22.9 Å². The van der Waals surface area contributed by atoms with Crippen LogP contribution >= 0.6 is 11.3 Å². The first-order chi connectivity index (χ1) is 10.3. The monoisotopic (exact) mass is 302 g/mol. The van der Waals surface area contributed by atoms with E-state index in [0.29, 0.717) is 5.91 Å². The number of amides is 1. The van der Waals surface area contributed by atoms with Crippen LogP contribution in [0.4, 0.5) is 0 Å². The number of thiophene rings is 1. The van der Waals surface area contributed by atoms with Gasteiger partial charge < -0.3 is 4.90 Å². The third-order valence-electron chi connectivity index (χ3n) is 6.32. The van der Waals surface area contributed by atoms with E-state index in [1.165, 1.54) is 31.2 Å². The molecule has 4 unspecified atom stereocenters. The van der Waals surface area contributed by atoms with Crippen LogP contribution in [0.1, 0.15) is 50.3 Å². The van der Waals surface area contributed by atoms with Gasteiger partial charge in [-0.15, -0.1) is 0 Å². The number of carbonyl (C=O) groups excluding carboxylic acids is 1. The van der Waals surface area contributed by atoms with Crippen molar-refractivity contribution < 1.29 is 4.79 Å². The van der Waals surface area contributed by atoms with E-state index in [1.807, 2.05) is 0 Å². The summed E-state index contributed by atoms with van der Waals surface area (Å²) < 4.78 is 0. The lowest BCUT2D eigenvalue weighted by atomic mass is 9.88. The van der Waals surface area contributed by atoms with Crippen LogP contribution in [0.3, 0.4) is 0 Å². The largest absolute Gasteiger partial charge is 0.321 e. The minimum Gasteiger partial charge on any atom is -0.321 e. The summed E-state index contributed by atoms with van der Waals surface area (Å²) in [6.07, 6.45) is 7.81. The van der Waals surface area contributed by atoms with Gasteiger partial charge >= 0.3 is 0 Å². The van der Waals surface area contributed by atoms with Crippen LogP contribution in [0.2, 0.25) is 0 Å². The molecule has 1 aromatic heterocycles. The Bertz CT molecular complexity index is 565. The minimum atomic E-state index is -0.190. The Kier molecular flexibility index (Phi) is 2.61. The average molecular weight is 302 g/mol. The molecule has 21 heavy (non-hydrogen) atoms. The highest BCUT2D eigenvalue weighted by Gasteiger charge is 2.60. The predicted octanol–water partition coefficient (Wildman–Crippen LogP) is 3.15. The second kappa shape index (κ2) is 4.32. The summed E-state index contributed by atoms with van der Waals surface area (Å²) in [6.45, 7) is 0.981. The molecule has 0 aromatic carbocycles. The zero-order valence-electron chi connectivity index (χ0n) is 12.3. The first-order valence-corrected chi connectivity index (χ1v) is 9.30. The second-order valence-electron chi connectivity index (χ2n) is 7.58. The summed E-state index contributed by atoms with van der Waals surface area (Å²) in [6, 6.07) is 2.17. The predicted molar refractivity (Wildman–Crippen MR) is 82.8 cm³/mol. The smallest absolute Gasteiger partial charge is 0.244 e. The summed E-state index contributed by atoms with van der Waals surface area (Å²) in [5, 5.41) is 7.96. The number of hydrogen-bond donors (Lipinski definition) is 1. The Labute approximate surface area is 129 Å². The molecule has 1 spiro atoms. The van der Waals surface area contributed by atoms with E-state index in [2.05, 4.69) is 27.0 Å². The van der Waals surface area contributed by atoms with Crippen molar-refractivity contribution >= 4 is 17.2 Å². The highest BCUT2D eigenvalue weighted by atomic mass is 32.1. The molecule has 2 heterocycles. The van der Waals surface area contributed by atoms with Crippen LogP contribution in [0.25, 0.3) is 0 Å². The Balaban J connectivity index is 1.41. The number of nitrogens with zero attached hydrogens (tertiary/aromatic N) is 1. The van der Waals surface area contributed by atoms with Gasteiger partial charge in [0.15, 0.2) is 0 Å². The van der Waals surface area contributed by atoms with Gasteiger partial charge in [0.1, 0.15) is 11.7 Å². The highest BCUT2D eigenvalue weighted by Crippen LogP contribution is 2.51. The van der Waals surface area contributed by atoms with Crippen LogP contribution < -0.4 is 5.32 Å². The molecule has 5 rings (SSSR count). The third kappa shape index (κ3) is 1.85. The van der Waals surface area contributed by atoms with E-state index < -0.39 is 0 Å². The molecule has 4 atom stereocenters. The van der Waals surface area contributed by atoms with E-state index in [1.54, 1.807) is 11.3 Å². The molecule has 1 aromatic rings. The van der Waals surface area contributed by atoms with Gasteiger partial charge in [-0.25, -0.2) is 0 Å². The minimum absolute atomic E-state index is 0.130. The zero-order chi connectivity index (χ0) is 14.0. The van der Waals surface area contributed by atoms with E-state index in [4.69, 9.17) is 0 Å². The molecule has 1 saturated heterocycles. The van der Waals surface area contributed by atoms with E-state index in [9.17, 15) is 4.79 Å². The molecule has 3 nitrogen and oxygen atoms in total. The zero-order valence-corrected chi connectivity index (χ0v) is 13.1. The van der Waals surface area contributed by atoms with Gasteiger partial charge in [-0.05, 0) is 72.2 Å². The maximum absolute atomic E-state index is 12.9. The summed E-state index contributed by atoms with van der Waals surface area (Å²) in [7, 11) is 0. The fourth-order valence-corrected chi connectivity index (χ4v) is 5.69. The van der Waals surface area contributed by atoms with Crippen molar-refractivity contribution in [1.82, 2.24) is 10.2 Å². The molecule has 3 aliphatic carbocycles. The first-order valence-electron chi connectivity index (χ1n) is 8.36. The van der Waals surface area contributed by atoms with E-state index in [0.717, 1.165) is 37.1 Å². The summed E-state index contributed by atoms with van der Waals surface area (Å²) >= 11 is 1.73. The Morgan fingerprint density at radius 3 is 2.86 bits per heavy atom. The fraction of sp³-hybridized carbons (Fsp3) is 0.706. The fourth-order valence-electron chi connectivity index (χ4n) is 5.01. The molecule has 4 aliphatic rings. The van der Waals surface area contributed by atoms with Crippen LogP contribution in [0.15, 0.2) is 16.8 Å². The number of fused-ring (bicyclic) bond motifs is 2. The first kappa shape index (κ1) is 12.7. The van der Waals surface area contributed by atoms with Crippen molar-refractivity contribution in [3.8, 4) is 0 Å². The lowest BCUT2D eigenvalue weighted by Crippen LogP contribution is -2.37. The van der Waals surface area contributed by atoms with Gasteiger partial charge in [0, 0.05) is 6.54 Å². The van der Waals surface area contributed by atoms with Gasteiger partial charge in [0.25, 0.3) is 0 Å². The normalized spacial score (nSPS) is 39.6. The molecular formula is C17H22N2OS. The molecule has 1 amide bonds. The Hall–Kier alpha value is -0.870. The van der Waals surface area contributed by atoms with Crippen LogP contribution in [0.5, 0.6) is 0 Å². The van der Waals surface area contributed by atoms with E-state index >= 15 is 0 Å². The molecule has 112 valence electrons. The molecule has 3 saturated carbocycles. The summed E-state index contributed by atoms with van der Waals surface area (Å²) in [5.41, 5.74) is 1.09. The van der Waals surface area contributed by atoms with Crippen molar-refractivity contribution in [3.05, 3.63) is 22.4 Å². The standard InChI is InChI=1S/C17H22N2OS/c20-16-17(4-5-17)18-15(13-3-6-21-10-13)19(16)9-14-8-11-1-2-12(14)7-11/h3,6,10-12,14-15,18H,1-2,4-5,7-9H2. The lowest BCUT2D eigenvalue weighted by molar-refractivity contribution is -0.131. The lowest BCUT2D eigenvalue weighted by Gasteiger charge is -2.30. The van der Waals surface area contributed by atoms with Gasteiger partial charge in [0.05, 0.1) is 0 Å². The topological polar surface area (TPSA) is 32.3 Å². The van der Waals surface area contributed by atoms with Gasteiger partial charge in [0.2, 0.25) is 5.91 Å². The van der Waals surface area contributed by atoms with Crippen molar-refractivity contribution in [1.29, 1.82) is 0 Å². The van der Waals surface area contributed by atoms with Gasteiger partial charge in [-0.3, -0.25) is 10.1 Å². The summed E-state index contributed by atoms with van der Waals surface area (Å²) in [5.74, 6) is 2.98. The van der Waals surface area contributed by atoms with Crippen LogP contribution in [-0.2, 0) is 4.79 Å². The third-order valence-corrected chi connectivity index (χ3v) is 7.02. The molecule has 1 aliphatic heterocycles. The Morgan fingerprint density at radius 2 is 2.24 bits per heavy atom. The quantitative estimate of drug-likeness (QED) is 0.930. The second-order valence-corrected chi connectivity index (χ2v) is 8.36. The van der Waals surface area contributed by atoms with Crippen molar-refractivity contribution in [2.75, 3.05) is 6.54 Å². The number of rotatable bonds is 3. The van der Waals surface area contributed by atoms with Crippen molar-refractivity contribution in [3.63, 3.8) is 0 Å². The number of nitrogens with one attached hydrogen (secondary N) is 1. The average Bonchev–Trinajstić information content (AvgIpc) is 2.95. The SMILES string of the molecule is O=C1N(CC2CC3CCC2C3)C(c2ccsc2)NC12CC2. The highest BCUT2D eigenvalue weighted by molar-refractivity contribution is 7.08. The maximum atomic E-state index is 12.9. The molecule has 2 bridgehead atoms. The molecule has 4 heteroatoms. The molecule has 0 radical (unpaired) electrons. The Morgan fingerprint density at radius 1 is 1.33 bits per heavy atom. The molecule has 1 N–H and O–H groups in total. The maximum Gasteiger partial charge on any atom is 0.244 e. The number of carbonyl (C=O) groups is 1. The summed E-state index contributed by atoms with van der Waals surface area (Å²) in [4.78, 5) is 15.0. The van der Waals surface area contributed by atoms with Crippen molar-refractivity contribution in [2.24, 2.45) is 17.8 Å². The van der Waals surface area contributed by atoms with Crippen LogP contribution in [0, 0.1) is 17.8 Å². The number of hydrogen-bond acceptors (Lipinski definition) is 3. The van der Waals surface area contributed by atoms with Crippen molar-refractivity contribution in [2.45, 2.75) is 50.2 Å². The molecular weight excluding hydrogens is 280 g/mol. The molecule has 4 fully saturated rings. The van der Waals surface area contributed by atoms with Gasteiger partial charge in [-0.2, -0.15) is 11.3 Å².